The summed E-state index contributed by atoms with van der Waals surface area (Å²) in [5, 5.41) is 11.1. The van der Waals surface area contributed by atoms with Gasteiger partial charge in [-0.25, -0.2) is 4.79 Å². The van der Waals surface area contributed by atoms with Gasteiger partial charge in [0, 0.05) is 5.39 Å². The SMILES string of the molecule is CC(C)(C)OC(=O)c1ccc(O)c2ccccc12. The van der Waals surface area contributed by atoms with Gasteiger partial charge in [0.2, 0.25) is 0 Å². The highest BCUT2D eigenvalue weighted by atomic mass is 16.6. The van der Waals surface area contributed by atoms with Gasteiger partial charge < -0.3 is 9.84 Å². The molecule has 94 valence electrons. The Morgan fingerprint density at radius 2 is 1.67 bits per heavy atom. The smallest absolute Gasteiger partial charge is 0.339 e. The minimum absolute atomic E-state index is 0.165. The Kier molecular flexibility index (Phi) is 2.99. The number of carbonyl (C=O) groups excluding carboxylic acids is 1. The van der Waals surface area contributed by atoms with Crippen molar-refractivity contribution in [1.29, 1.82) is 0 Å². The fraction of sp³-hybridized carbons (Fsp3) is 0.267. The molecular formula is C15H16O3. The molecule has 0 fully saturated rings. The number of rotatable bonds is 1. The lowest BCUT2D eigenvalue weighted by Gasteiger charge is -2.20. The second kappa shape index (κ2) is 4.33. The van der Waals surface area contributed by atoms with Crippen molar-refractivity contribution in [2.24, 2.45) is 0 Å². The van der Waals surface area contributed by atoms with E-state index in [4.69, 9.17) is 4.74 Å². The van der Waals surface area contributed by atoms with Crippen LogP contribution in [-0.2, 0) is 4.74 Å². The number of phenols is 1. The topological polar surface area (TPSA) is 46.5 Å². The third kappa shape index (κ3) is 2.45. The van der Waals surface area contributed by atoms with Gasteiger partial charge in [0.1, 0.15) is 11.4 Å². The van der Waals surface area contributed by atoms with Gasteiger partial charge in [0.05, 0.1) is 5.56 Å². The monoisotopic (exact) mass is 244 g/mol. The quantitative estimate of drug-likeness (QED) is 0.781. The summed E-state index contributed by atoms with van der Waals surface area (Å²) in [5.41, 5.74) is -0.0610. The standard InChI is InChI=1S/C15H16O3/c1-15(2,3)18-14(17)12-8-9-13(16)11-7-5-4-6-10(11)12/h4-9,16H,1-3H3. The Bertz CT molecular complexity index is 594. The van der Waals surface area contributed by atoms with Crippen molar-refractivity contribution in [3.05, 3.63) is 42.0 Å². The maximum atomic E-state index is 12.1. The molecule has 1 N–H and O–H groups in total. The van der Waals surface area contributed by atoms with Crippen molar-refractivity contribution in [2.75, 3.05) is 0 Å². The minimum atomic E-state index is -0.532. The summed E-state index contributed by atoms with van der Waals surface area (Å²) in [6.07, 6.45) is 0. The second-order valence-electron chi connectivity index (χ2n) is 5.18. The van der Waals surface area contributed by atoms with Gasteiger partial charge in [0.15, 0.2) is 0 Å². The molecule has 0 aliphatic rings. The first kappa shape index (κ1) is 12.4. The molecule has 0 aromatic heterocycles. The maximum Gasteiger partial charge on any atom is 0.339 e. The van der Waals surface area contributed by atoms with E-state index in [1.165, 1.54) is 6.07 Å². The van der Waals surface area contributed by atoms with Crippen LogP contribution < -0.4 is 0 Å². The van der Waals surface area contributed by atoms with Crippen LogP contribution in [0.5, 0.6) is 5.75 Å². The third-order valence-electron chi connectivity index (χ3n) is 2.52. The molecule has 0 saturated heterocycles. The van der Waals surface area contributed by atoms with Crippen LogP contribution in [0.4, 0.5) is 0 Å². The van der Waals surface area contributed by atoms with Crippen LogP contribution in [-0.4, -0.2) is 16.7 Å². The zero-order valence-corrected chi connectivity index (χ0v) is 10.7. The Morgan fingerprint density at radius 3 is 2.28 bits per heavy atom. The van der Waals surface area contributed by atoms with E-state index in [-0.39, 0.29) is 11.7 Å². The Balaban J connectivity index is 2.52. The lowest BCUT2D eigenvalue weighted by molar-refractivity contribution is 0.00719. The number of hydrogen-bond acceptors (Lipinski definition) is 3. The number of benzene rings is 2. The molecule has 3 nitrogen and oxygen atoms in total. The molecule has 18 heavy (non-hydrogen) atoms. The van der Waals surface area contributed by atoms with Crippen LogP contribution in [0.15, 0.2) is 36.4 Å². The van der Waals surface area contributed by atoms with Crippen molar-refractivity contribution in [3.8, 4) is 5.75 Å². The molecule has 0 aliphatic carbocycles. The van der Waals surface area contributed by atoms with Crippen molar-refractivity contribution in [2.45, 2.75) is 26.4 Å². The van der Waals surface area contributed by atoms with Crippen LogP contribution >= 0.6 is 0 Å². The number of aromatic hydroxyl groups is 1. The molecule has 0 heterocycles. The summed E-state index contributed by atoms with van der Waals surface area (Å²) in [5.74, 6) is -0.211. The van der Waals surface area contributed by atoms with Gasteiger partial charge in [-0.3, -0.25) is 0 Å². The molecule has 0 bridgehead atoms. The Hall–Kier alpha value is -2.03. The highest BCUT2D eigenvalue weighted by molar-refractivity contribution is 6.06. The number of fused-ring (bicyclic) bond motifs is 1. The zero-order chi connectivity index (χ0) is 13.3. The van der Waals surface area contributed by atoms with Gasteiger partial charge in [-0.1, -0.05) is 24.3 Å². The number of carbonyl (C=O) groups is 1. The first-order valence-electron chi connectivity index (χ1n) is 5.82. The van der Waals surface area contributed by atoms with Crippen LogP contribution in [0.3, 0.4) is 0 Å². The van der Waals surface area contributed by atoms with Crippen molar-refractivity contribution in [3.63, 3.8) is 0 Å². The van der Waals surface area contributed by atoms with Gasteiger partial charge >= 0.3 is 5.97 Å². The minimum Gasteiger partial charge on any atom is -0.507 e. The van der Waals surface area contributed by atoms with E-state index in [2.05, 4.69) is 0 Å². The molecule has 3 heteroatoms. The van der Waals surface area contributed by atoms with Gasteiger partial charge in [-0.05, 0) is 38.3 Å². The first-order chi connectivity index (χ1) is 8.38. The highest BCUT2D eigenvalue weighted by Crippen LogP contribution is 2.28. The molecular weight excluding hydrogens is 228 g/mol. The predicted octanol–water partition coefficient (Wildman–Crippen LogP) is 3.50. The predicted molar refractivity (Wildman–Crippen MR) is 70.8 cm³/mol. The van der Waals surface area contributed by atoms with E-state index in [1.807, 2.05) is 32.9 Å². The number of ether oxygens (including phenoxy) is 1. The summed E-state index contributed by atoms with van der Waals surface area (Å²) in [7, 11) is 0. The second-order valence-corrected chi connectivity index (χ2v) is 5.18. The molecule has 0 spiro atoms. The van der Waals surface area contributed by atoms with Crippen LogP contribution in [0.25, 0.3) is 10.8 Å². The molecule has 0 saturated carbocycles. The summed E-state index contributed by atoms with van der Waals surface area (Å²) >= 11 is 0. The van der Waals surface area contributed by atoms with Gasteiger partial charge in [-0.2, -0.15) is 0 Å². The van der Waals surface area contributed by atoms with Crippen LogP contribution in [0.2, 0.25) is 0 Å². The average Bonchev–Trinajstić information content (AvgIpc) is 2.27. The molecule has 2 aromatic rings. The van der Waals surface area contributed by atoms with E-state index >= 15 is 0 Å². The fourth-order valence-corrected chi connectivity index (χ4v) is 1.79. The van der Waals surface area contributed by atoms with E-state index in [0.29, 0.717) is 16.3 Å². The van der Waals surface area contributed by atoms with E-state index in [1.54, 1.807) is 18.2 Å². The number of hydrogen-bond donors (Lipinski definition) is 1. The van der Waals surface area contributed by atoms with Gasteiger partial charge in [-0.15, -0.1) is 0 Å². The Morgan fingerprint density at radius 1 is 1.06 bits per heavy atom. The fourth-order valence-electron chi connectivity index (χ4n) is 1.79. The van der Waals surface area contributed by atoms with Gasteiger partial charge in [0.25, 0.3) is 0 Å². The summed E-state index contributed by atoms with van der Waals surface area (Å²) in [4.78, 5) is 12.1. The van der Waals surface area contributed by atoms with E-state index in [9.17, 15) is 9.90 Å². The van der Waals surface area contributed by atoms with E-state index in [0.717, 1.165) is 0 Å². The summed E-state index contributed by atoms with van der Waals surface area (Å²) in [6.45, 7) is 5.48. The van der Waals surface area contributed by atoms with Crippen LogP contribution in [0, 0.1) is 0 Å². The third-order valence-corrected chi connectivity index (χ3v) is 2.52. The van der Waals surface area contributed by atoms with Crippen LogP contribution in [0.1, 0.15) is 31.1 Å². The van der Waals surface area contributed by atoms with Crippen molar-refractivity contribution in [1.82, 2.24) is 0 Å². The molecule has 2 rings (SSSR count). The Labute approximate surface area is 106 Å². The molecule has 0 amide bonds. The normalized spacial score (nSPS) is 11.5. The van der Waals surface area contributed by atoms with E-state index < -0.39 is 5.60 Å². The zero-order valence-electron chi connectivity index (χ0n) is 10.7. The lowest BCUT2D eigenvalue weighted by atomic mass is 10.0. The number of esters is 1. The maximum absolute atomic E-state index is 12.1. The van der Waals surface area contributed by atoms with Crippen molar-refractivity contribution >= 4 is 16.7 Å². The molecule has 0 atom stereocenters. The van der Waals surface area contributed by atoms with Crippen molar-refractivity contribution < 1.29 is 14.6 Å². The lowest BCUT2D eigenvalue weighted by Crippen LogP contribution is -2.24. The molecule has 0 aliphatic heterocycles. The first-order valence-corrected chi connectivity index (χ1v) is 5.82. The highest BCUT2D eigenvalue weighted by Gasteiger charge is 2.20. The molecule has 0 radical (unpaired) electrons. The molecule has 2 aromatic carbocycles. The summed E-state index contributed by atoms with van der Waals surface area (Å²) < 4.78 is 5.35. The average molecular weight is 244 g/mol. The number of phenolic OH excluding ortho intramolecular Hbond substituents is 1. The largest absolute Gasteiger partial charge is 0.507 e. The summed E-state index contributed by atoms with van der Waals surface area (Å²) in [6, 6.07) is 10.3. The molecule has 0 unspecified atom stereocenters.